The van der Waals surface area contributed by atoms with Crippen molar-refractivity contribution in [2.24, 2.45) is 0 Å². The maximum absolute atomic E-state index is 13.1. The molecule has 6 rings (SSSR count). The third-order valence-corrected chi connectivity index (χ3v) is 9.06. The van der Waals surface area contributed by atoms with Crippen LogP contribution < -0.4 is 14.2 Å². The Morgan fingerprint density at radius 3 is 2.21 bits per heavy atom. The molecule has 5 aromatic rings. The molecule has 1 heterocycles. The van der Waals surface area contributed by atoms with E-state index in [4.69, 9.17) is 9.47 Å². The molecule has 0 unspecified atom stereocenters. The number of aryl methyl sites for hydroxylation is 2. The fraction of sp³-hybridized carbons (Fsp3) is 0.194. The average molecular weight is 591 g/mol. The van der Waals surface area contributed by atoms with E-state index in [-0.39, 0.29) is 11.9 Å². The number of sulfonamides is 1. The van der Waals surface area contributed by atoms with Crippen molar-refractivity contribution in [3.05, 3.63) is 143 Å². The van der Waals surface area contributed by atoms with Crippen molar-refractivity contribution in [3.8, 4) is 22.6 Å². The van der Waals surface area contributed by atoms with E-state index in [1.165, 1.54) is 16.7 Å². The van der Waals surface area contributed by atoms with Crippen LogP contribution >= 0.6 is 0 Å². The Kier molecular flexibility index (Phi) is 8.43. The van der Waals surface area contributed by atoms with Gasteiger partial charge in [-0.05, 0) is 88.2 Å². The van der Waals surface area contributed by atoms with Crippen LogP contribution in [0.2, 0.25) is 0 Å². The molecule has 1 aromatic heterocycles. The Balaban J connectivity index is 1.31. The molecule has 1 N–H and O–H groups in total. The largest absolute Gasteiger partial charge is 0.493 e. The lowest BCUT2D eigenvalue weighted by molar-refractivity contribution is 0.204. The number of anilines is 1. The zero-order valence-electron chi connectivity index (χ0n) is 24.1. The van der Waals surface area contributed by atoms with Gasteiger partial charge in [0.15, 0.2) is 11.5 Å². The standard InChI is InChI=1S/C36H34N2O4S/c1-41-35-16-14-31(23-36(35)42-33-21-29-9-5-6-10-30(29)22-33)34-24-32(38-43(39,40)25-27-7-3-2-4-8-27)15-13-28(34)12-11-26-17-19-37-20-18-26/h2-10,13-20,23-24,33,38H,11-12,21-22,25H2,1H3. The number of fused-ring (bicyclic) bond motifs is 1. The fourth-order valence-electron chi connectivity index (χ4n) is 5.68. The van der Waals surface area contributed by atoms with Crippen LogP contribution in [0.15, 0.2) is 116 Å². The summed E-state index contributed by atoms with van der Waals surface area (Å²) < 4.78 is 41.2. The minimum Gasteiger partial charge on any atom is -0.493 e. The molecule has 6 nitrogen and oxygen atoms in total. The normalized spacial score (nSPS) is 13.0. The topological polar surface area (TPSA) is 77.5 Å². The van der Waals surface area contributed by atoms with E-state index >= 15 is 0 Å². The highest BCUT2D eigenvalue weighted by Gasteiger charge is 2.24. The van der Waals surface area contributed by atoms with Gasteiger partial charge in [-0.2, -0.15) is 0 Å². The first-order valence-corrected chi connectivity index (χ1v) is 16.1. The third-order valence-electron chi connectivity index (χ3n) is 7.80. The van der Waals surface area contributed by atoms with Gasteiger partial charge in [0.2, 0.25) is 10.0 Å². The molecular weight excluding hydrogens is 556 g/mol. The maximum atomic E-state index is 13.1. The van der Waals surface area contributed by atoms with Gasteiger partial charge in [0.25, 0.3) is 0 Å². The average Bonchev–Trinajstić information content (AvgIpc) is 3.43. The minimum atomic E-state index is -3.62. The van der Waals surface area contributed by atoms with Crippen LogP contribution in [0, 0.1) is 0 Å². The quantitative estimate of drug-likeness (QED) is 0.179. The summed E-state index contributed by atoms with van der Waals surface area (Å²) in [5.74, 6) is 1.24. The number of aromatic nitrogens is 1. The van der Waals surface area contributed by atoms with Crippen LogP contribution in [0.5, 0.6) is 11.5 Å². The molecule has 218 valence electrons. The number of nitrogens with one attached hydrogen (secondary N) is 1. The lowest BCUT2D eigenvalue weighted by atomic mass is 9.94. The second kappa shape index (κ2) is 12.7. The van der Waals surface area contributed by atoms with Gasteiger partial charge < -0.3 is 9.47 Å². The Morgan fingerprint density at radius 1 is 0.767 bits per heavy atom. The second-order valence-corrected chi connectivity index (χ2v) is 12.6. The summed E-state index contributed by atoms with van der Waals surface area (Å²) >= 11 is 0. The van der Waals surface area contributed by atoms with E-state index in [1.54, 1.807) is 19.5 Å². The molecule has 0 fully saturated rings. The van der Waals surface area contributed by atoms with Crippen LogP contribution in [-0.2, 0) is 41.5 Å². The predicted octanol–water partition coefficient (Wildman–Crippen LogP) is 7.03. The number of hydrogen-bond donors (Lipinski definition) is 1. The predicted molar refractivity (Wildman–Crippen MR) is 171 cm³/mol. The van der Waals surface area contributed by atoms with Crippen LogP contribution in [0.1, 0.15) is 27.8 Å². The van der Waals surface area contributed by atoms with E-state index in [1.807, 2.05) is 78.9 Å². The molecule has 0 spiro atoms. The Labute approximate surface area is 253 Å². The molecule has 0 aliphatic heterocycles. The smallest absolute Gasteiger partial charge is 0.236 e. The highest BCUT2D eigenvalue weighted by molar-refractivity contribution is 7.91. The maximum Gasteiger partial charge on any atom is 0.236 e. The van der Waals surface area contributed by atoms with Crippen molar-refractivity contribution >= 4 is 15.7 Å². The van der Waals surface area contributed by atoms with Crippen molar-refractivity contribution in [1.29, 1.82) is 0 Å². The van der Waals surface area contributed by atoms with Gasteiger partial charge in [-0.3, -0.25) is 9.71 Å². The van der Waals surface area contributed by atoms with Gasteiger partial charge in [0, 0.05) is 30.9 Å². The van der Waals surface area contributed by atoms with Crippen molar-refractivity contribution in [2.45, 2.75) is 37.5 Å². The molecule has 1 aliphatic rings. The fourth-order valence-corrected chi connectivity index (χ4v) is 6.87. The number of benzene rings is 4. The molecule has 0 bridgehead atoms. The summed E-state index contributed by atoms with van der Waals surface area (Å²) in [7, 11) is -1.97. The number of ether oxygens (including phenoxy) is 2. The number of rotatable bonds is 11. The van der Waals surface area contributed by atoms with E-state index in [0.717, 1.165) is 47.9 Å². The summed E-state index contributed by atoms with van der Waals surface area (Å²) in [6, 6.07) is 33.4. The number of pyridine rings is 1. The van der Waals surface area contributed by atoms with Gasteiger partial charge in [0.05, 0.1) is 12.9 Å². The van der Waals surface area contributed by atoms with Gasteiger partial charge >= 0.3 is 0 Å². The van der Waals surface area contributed by atoms with Crippen molar-refractivity contribution in [1.82, 2.24) is 4.98 Å². The van der Waals surface area contributed by atoms with E-state index in [0.29, 0.717) is 17.2 Å². The van der Waals surface area contributed by atoms with Crippen molar-refractivity contribution < 1.29 is 17.9 Å². The summed E-state index contributed by atoms with van der Waals surface area (Å²) in [5.41, 5.74) is 8.04. The SMILES string of the molecule is COc1ccc(-c2cc(NS(=O)(=O)Cc3ccccc3)ccc2CCc2ccncc2)cc1OC1Cc2ccccc2C1. The first-order valence-electron chi connectivity index (χ1n) is 14.4. The van der Waals surface area contributed by atoms with Crippen molar-refractivity contribution in [3.63, 3.8) is 0 Å². The lowest BCUT2D eigenvalue weighted by Gasteiger charge is -2.19. The minimum absolute atomic E-state index is 0.0174. The van der Waals surface area contributed by atoms with Gasteiger partial charge in [-0.15, -0.1) is 0 Å². The van der Waals surface area contributed by atoms with Crippen LogP contribution in [0.25, 0.3) is 11.1 Å². The monoisotopic (exact) mass is 590 g/mol. The van der Waals surface area contributed by atoms with E-state index < -0.39 is 10.0 Å². The Bertz CT molecular complexity index is 1780. The summed E-state index contributed by atoms with van der Waals surface area (Å²) in [4.78, 5) is 4.13. The van der Waals surface area contributed by atoms with Crippen molar-refractivity contribution in [2.75, 3.05) is 11.8 Å². The Morgan fingerprint density at radius 2 is 1.49 bits per heavy atom. The van der Waals surface area contributed by atoms with Crippen LogP contribution in [-0.4, -0.2) is 26.6 Å². The molecule has 1 aliphatic carbocycles. The molecule has 0 amide bonds. The first-order chi connectivity index (χ1) is 21.0. The van der Waals surface area contributed by atoms with Crippen LogP contribution in [0.3, 0.4) is 0 Å². The molecule has 0 saturated carbocycles. The summed E-state index contributed by atoms with van der Waals surface area (Å²) in [5, 5.41) is 0. The van der Waals surface area contributed by atoms with Gasteiger partial charge in [0.1, 0.15) is 6.10 Å². The molecule has 0 atom stereocenters. The molecule has 43 heavy (non-hydrogen) atoms. The highest BCUT2D eigenvalue weighted by atomic mass is 32.2. The van der Waals surface area contributed by atoms with E-state index in [9.17, 15) is 8.42 Å². The molecule has 7 heteroatoms. The molecule has 4 aromatic carbocycles. The zero-order chi connectivity index (χ0) is 29.6. The number of nitrogens with zero attached hydrogens (tertiary/aromatic N) is 1. The van der Waals surface area contributed by atoms with Crippen LogP contribution in [0.4, 0.5) is 5.69 Å². The third kappa shape index (κ3) is 7.07. The zero-order valence-corrected chi connectivity index (χ0v) is 24.9. The highest BCUT2D eigenvalue weighted by Crippen LogP contribution is 2.37. The number of hydrogen-bond acceptors (Lipinski definition) is 5. The summed E-state index contributed by atoms with van der Waals surface area (Å²) in [6.07, 6.45) is 6.91. The summed E-state index contributed by atoms with van der Waals surface area (Å²) in [6.45, 7) is 0. The van der Waals surface area contributed by atoms with Gasteiger partial charge in [-0.25, -0.2) is 8.42 Å². The Hall–Kier alpha value is -4.62. The molecular formula is C36H34N2O4S. The number of methoxy groups -OCH3 is 1. The second-order valence-electron chi connectivity index (χ2n) is 10.9. The van der Waals surface area contributed by atoms with Gasteiger partial charge in [-0.1, -0.05) is 66.7 Å². The molecule has 0 radical (unpaired) electrons. The van der Waals surface area contributed by atoms with E-state index in [2.05, 4.69) is 34.0 Å². The lowest BCUT2D eigenvalue weighted by Crippen LogP contribution is -2.17. The molecule has 0 saturated heterocycles. The first kappa shape index (κ1) is 28.5.